The number of piperidine rings is 1. The number of rotatable bonds is 8. The van der Waals surface area contributed by atoms with Gasteiger partial charge in [-0.15, -0.1) is 0 Å². The second-order valence-electron chi connectivity index (χ2n) is 14.3. The molecule has 0 N–H and O–H groups in total. The smallest absolute Gasteiger partial charge is 0.410 e. The number of carbonyl (C=O) groups is 2. The van der Waals surface area contributed by atoms with Crippen LogP contribution in [0.25, 0.3) is 16.6 Å². The van der Waals surface area contributed by atoms with Gasteiger partial charge in [-0.2, -0.15) is 0 Å². The topological polar surface area (TPSA) is 70.9 Å². The lowest BCUT2D eigenvalue weighted by Crippen LogP contribution is -2.43. The quantitative estimate of drug-likeness (QED) is 0.280. The molecule has 0 unspecified atom stereocenters. The zero-order valence-corrected chi connectivity index (χ0v) is 28.1. The van der Waals surface area contributed by atoms with Crippen molar-refractivity contribution in [1.29, 1.82) is 0 Å². The van der Waals surface area contributed by atoms with E-state index >= 15 is 0 Å². The number of aromatic nitrogens is 2. The molecule has 2 aliphatic heterocycles. The second-order valence-corrected chi connectivity index (χ2v) is 14.3. The van der Waals surface area contributed by atoms with Crippen LogP contribution in [-0.2, 0) is 17.6 Å². The van der Waals surface area contributed by atoms with Gasteiger partial charge in [-0.05, 0) is 114 Å². The number of amides is 2. The summed E-state index contributed by atoms with van der Waals surface area (Å²) < 4.78 is 22.1. The van der Waals surface area contributed by atoms with Gasteiger partial charge >= 0.3 is 6.09 Å². The van der Waals surface area contributed by atoms with Gasteiger partial charge in [0.2, 0.25) is 0 Å². The summed E-state index contributed by atoms with van der Waals surface area (Å²) in [4.78, 5) is 36.6. The van der Waals surface area contributed by atoms with Crippen LogP contribution < -0.4 is 0 Å². The van der Waals surface area contributed by atoms with Crippen LogP contribution in [0, 0.1) is 17.7 Å². The highest BCUT2D eigenvalue weighted by Gasteiger charge is 2.31. The van der Waals surface area contributed by atoms with Crippen LogP contribution >= 0.6 is 0 Å². The summed E-state index contributed by atoms with van der Waals surface area (Å²) in [5.74, 6) is 0.474. The zero-order chi connectivity index (χ0) is 32.5. The molecular weight excluding hydrogens is 569 g/mol. The predicted molar refractivity (Wildman–Crippen MR) is 176 cm³/mol. The van der Waals surface area contributed by atoms with Crippen LogP contribution in [0.4, 0.5) is 9.18 Å². The van der Waals surface area contributed by atoms with E-state index in [4.69, 9.17) is 4.74 Å². The number of fused-ring (bicyclic) bond motifs is 1. The molecule has 1 aromatic carbocycles. The molecule has 3 aromatic rings. The van der Waals surface area contributed by atoms with E-state index < -0.39 is 11.4 Å². The molecule has 2 fully saturated rings. The fraction of sp³-hybridized carbons (Fsp3) is 0.583. The Morgan fingerprint density at radius 3 is 2.44 bits per heavy atom. The predicted octanol–water partition coefficient (Wildman–Crippen LogP) is 6.72. The second kappa shape index (κ2) is 13.5. The van der Waals surface area contributed by atoms with Crippen molar-refractivity contribution in [3.63, 3.8) is 0 Å². The Bertz CT molecular complexity index is 1520. The van der Waals surface area contributed by atoms with Crippen LogP contribution in [0.2, 0.25) is 0 Å². The molecule has 0 aliphatic carbocycles. The fourth-order valence-electron chi connectivity index (χ4n) is 6.82. The fourth-order valence-corrected chi connectivity index (χ4v) is 6.82. The van der Waals surface area contributed by atoms with Crippen LogP contribution in [0.5, 0.6) is 0 Å². The third-order valence-electron chi connectivity index (χ3n) is 9.46. The van der Waals surface area contributed by atoms with Crippen molar-refractivity contribution in [2.45, 2.75) is 85.3 Å². The number of halogens is 1. The van der Waals surface area contributed by atoms with E-state index in [-0.39, 0.29) is 18.0 Å². The lowest BCUT2D eigenvalue weighted by molar-refractivity contribution is 0.0172. The summed E-state index contributed by atoms with van der Waals surface area (Å²) in [6.07, 6.45) is 10.7. The minimum absolute atomic E-state index is 0.0122. The van der Waals surface area contributed by atoms with Gasteiger partial charge in [0.1, 0.15) is 11.4 Å². The summed E-state index contributed by atoms with van der Waals surface area (Å²) in [6.45, 7) is 16.5. The Hall–Kier alpha value is -3.46. The lowest BCUT2D eigenvalue weighted by atomic mass is 9.95. The molecule has 9 heteroatoms. The number of benzene rings is 1. The summed E-state index contributed by atoms with van der Waals surface area (Å²) >= 11 is 0. The average Bonchev–Trinajstić information content (AvgIpc) is 3.59. The largest absolute Gasteiger partial charge is 0.444 e. The first-order chi connectivity index (χ1) is 21.3. The number of aryl methyl sites for hydroxylation is 1. The van der Waals surface area contributed by atoms with Crippen molar-refractivity contribution in [2.24, 2.45) is 11.8 Å². The van der Waals surface area contributed by atoms with Gasteiger partial charge in [-0.25, -0.2) is 9.18 Å². The first-order valence-electron chi connectivity index (χ1n) is 16.6. The first-order valence-corrected chi connectivity index (χ1v) is 16.6. The Labute approximate surface area is 267 Å². The Morgan fingerprint density at radius 2 is 1.78 bits per heavy atom. The number of nitrogens with zero attached hydrogens (tertiary/aromatic N) is 5. The van der Waals surface area contributed by atoms with Crippen molar-refractivity contribution < 1.29 is 18.7 Å². The summed E-state index contributed by atoms with van der Waals surface area (Å²) in [6, 6.07) is 4.48. The highest BCUT2D eigenvalue weighted by atomic mass is 19.1. The van der Waals surface area contributed by atoms with Crippen molar-refractivity contribution in [2.75, 3.05) is 39.8 Å². The third kappa shape index (κ3) is 7.51. The lowest BCUT2D eigenvalue weighted by Gasteiger charge is -2.34. The molecule has 2 aliphatic rings. The van der Waals surface area contributed by atoms with Gasteiger partial charge in [0, 0.05) is 57.0 Å². The maximum absolute atomic E-state index is 14.5. The minimum atomic E-state index is -0.470. The monoisotopic (exact) mass is 619 g/mol. The standard InChI is InChI=1S/C36H50FN5O3/c1-8-27-19-38-20-32-33(27)28(23-42(32)31-10-9-29(37)18-30(31)34(43)39(7)24(2)3)17-26-11-14-40(22-26)21-25-12-15-41(16-13-25)35(44)45-36(4,5)6/h9-10,18-20,23-26H,8,11-17,21-22H2,1-7H3/t26-/m0/s1. The van der Waals surface area contributed by atoms with Crippen molar-refractivity contribution >= 4 is 22.9 Å². The van der Waals surface area contributed by atoms with Crippen molar-refractivity contribution in [3.8, 4) is 5.69 Å². The zero-order valence-electron chi connectivity index (χ0n) is 28.1. The van der Waals surface area contributed by atoms with Crippen LogP contribution in [-0.4, -0.2) is 87.7 Å². The third-order valence-corrected chi connectivity index (χ3v) is 9.46. The van der Waals surface area contributed by atoms with Crippen LogP contribution in [0.3, 0.4) is 0 Å². The van der Waals surface area contributed by atoms with Gasteiger partial charge < -0.3 is 24.0 Å². The van der Waals surface area contributed by atoms with E-state index in [0.717, 1.165) is 70.3 Å². The molecule has 0 spiro atoms. The van der Waals surface area contributed by atoms with Gasteiger partial charge in [0.05, 0.1) is 23.0 Å². The summed E-state index contributed by atoms with van der Waals surface area (Å²) in [5.41, 5.74) is 3.93. The molecule has 244 valence electrons. The SMILES string of the molecule is CCc1cncc2c1c(C[C@@H]1CCN(CC3CCN(C(=O)OC(C)(C)C)CC3)C1)cn2-c1ccc(F)cc1C(=O)N(C)C(C)C. The van der Waals surface area contributed by atoms with Crippen molar-refractivity contribution in [3.05, 3.63) is 59.3 Å². The molecule has 1 atom stereocenters. The Morgan fingerprint density at radius 1 is 1.07 bits per heavy atom. The van der Waals surface area contributed by atoms with Gasteiger partial charge in [0.25, 0.3) is 5.91 Å². The Balaban J connectivity index is 1.32. The minimum Gasteiger partial charge on any atom is -0.444 e. The number of pyridine rings is 1. The first kappa shape index (κ1) is 32.9. The molecule has 8 nitrogen and oxygen atoms in total. The van der Waals surface area contributed by atoms with E-state index in [9.17, 15) is 14.0 Å². The summed E-state index contributed by atoms with van der Waals surface area (Å²) in [5, 5.41) is 1.19. The molecule has 2 aromatic heterocycles. The molecule has 0 bridgehead atoms. The average molecular weight is 620 g/mol. The van der Waals surface area contributed by atoms with E-state index in [1.54, 1.807) is 18.0 Å². The van der Waals surface area contributed by atoms with Crippen LogP contribution in [0.15, 0.2) is 36.8 Å². The number of hydrogen-bond donors (Lipinski definition) is 0. The molecule has 45 heavy (non-hydrogen) atoms. The molecule has 0 saturated carbocycles. The van der Waals surface area contributed by atoms with Crippen LogP contribution in [0.1, 0.15) is 82.3 Å². The number of hydrogen-bond acceptors (Lipinski definition) is 5. The number of ether oxygens (including phenoxy) is 1. The molecular formula is C36H50FN5O3. The maximum Gasteiger partial charge on any atom is 0.410 e. The highest BCUT2D eigenvalue weighted by Crippen LogP contribution is 2.33. The Kier molecular flexibility index (Phi) is 9.87. The van der Waals surface area contributed by atoms with Gasteiger partial charge in [-0.3, -0.25) is 9.78 Å². The van der Waals surface area contributed by atoms with Crippen molar-refractivity contribution in [1.82, 2.24) is 24.3 Å². The van der Waals surface area contributed by atoms with E-state index in [1.165, 1.54) is 28.6 Å². The maximum atomic E-state index is 14.5. The number of carbonyl (C=O) groups excluding carboxylic acids is 2. The molecule has 5 rings (SSSR count). The van der Waals surface area contributed by atoms with E-state index in [0.29, 0.717) is 23.1 Å². The van der Waals surface area contributed by atoms with Gasteiger partial charge in [-0.1, -0.05) is 6.92 Å². The van der Waals surface area contributed by atoms with E-state index in [1.807, 2.05) is 56.5 Å². The van der Waals surface area contributed by atoms with E-state index in [2.05, 4.69) is 23.0 Å². The highest BCUT2D eigenvalue weighted by molar-refractivity contribution is 5.99. The van der Waals surface area contributed by atoms with Gasteiger partial charge in [0.15, 0.2) is 0 Å². The molecule has 2 saturated heterocycles. The number of likely N-dealkylation sites (tertiary alicyclic amines) is 2. The molecule has 4 heterocycles. The normalized spacial score (nSPS) is 18.2. The summed E-state index contributed by atoms with van der Waals surface area (Å²) in [7, 11) is 1.76. The molecule has 2 amide bonds. The molecule has 0 radical (unpaired) electrons.